The van der Waals surface area contributed by atoms with E-state index in [1.54, 1.807) is 11.9 Å². The average Bonchev–Trinajstić information content (AvgIpc) is 3.28. The number of ether oxygens (including phenoxy) is 1. The molecule has 3 aromatic rings. The molecule has 0 saturated carbocycles. The van der Waals surface area contributed by atoms with E-state index in [1.165, 1.54) is 32.8 Å². The van der Waals surface area contributed by atoms with E-state index in [2.05, 4.69) is 60.3 Å². The number of fused-ring (bicyclic) bond motifs is 1. The fourth-order valence-electron chi connectivity index (χ4n) is 5.72. The molecule has 0 amide bonds. The molecule has 0 bridgehead atoms. The van der Waals surface area contributed by atoms with Crippen LogP contribution < -0.4 is 9.64 Å². The van der Waals surface area contributed by atoms with Gasteiger partial charge in [0.1, 0.15) is 12.0 Å². The summed E-state index contributed by atoms with van der Waals surface area (Å²) >= 11 is 1.79. The summed E-state index contributed by atoms with van der Waals surface area (Å²) in [6.07, 6.45) is 3.72. The van der Waals surface area contributed by atoms with Crippen molar-refractivity contribution in [3.05, 3.63) is 70.5 Å². The van der Waals surface area contributed by atoms with Crippen LogP contribution in [0.3, 0.4) is 0 Å². The molecular formula is C32H39N3O2S. The Hall–Kier alpha value is -2.83. The smallest absolute Gasteiger partial charge is 0.124 e. The minimum absolute atomic E-state index is 0.358. The van der Waals surface area contributed by atoms with Crippen LogP contribution in [0.5, 0.6) is 5.75 Å². The van der Waals surface area contributed by atoms with Crippen LogP contribution in [0.2, 0.25) is 0 Å². The van der Waals surface area contributed by atoms with Crippen LogP contribution in [0.25, 0.3) is 11.1 Å². The number of pyridine rings is 1. The number of aryl methyl sites for hydroxylation is 2. The van der Waals surface area contributed by atoms with Crippen molar-refractivity contribution in [2.24, 2.45) is 5.41 Å². The minimum atomic E-state index is 0.358. The van der Waals surface area contributed by atoms with E-state index in [0.29, 0.717) is 18.4 Å². The normalized spacial score (nSPS) is 16.9. The maximum Gasteiger partial charge on any atom is 0.124 e. The number of carbonyl (C=O) groups excluding carboxylic acids is 1. The van der Waals surface area contributed by atoms with Gasteiger partial charge >= 0.3 is 0 Å². The van der Waals surface area contributed by atoms with E-state index in [9.17, 15) is 4.79 Å². The number of rotatable bonds is 8. The topological polar surface area (TPSA) is 45.7 Å². The predicted molar refractivity (Wildman–Crippen MR) is 157 cm³/mol. The van der Waals surface area contributed by atoms with Crippen LogP contribution in [-0.2, 0) is 24.3 Å². The quantitative estimate of drug-likeness (QED) is 0.228. The van der Waals surface area contributed by atoms with Crippen LogP contribution in [0, 0.1) is 19.3 Å². The lowest BCUT2D eigenvalue weighted by molar-refractivity contribution is -0.107. The van der Waals surface area contributed by atoms with Crippen molar-refractivity contribution >= 4 is 23.9 Å². The number of aromatic nitrogens is 1. The van der Waals surface area contributed by atoms with Gasteiger partial charge in [-0.05, 0) is 98.0 Å². The van der Waals surface area contributed by atoms with E-state index >= 15 is 0 Å². The number of nitrogens with zero attached hydrogens (tertiary/aromatic N) is 3. The molecule has 200 valence electrons. The van der Waals surface area contributed by atoms with Crippen molar-refractivity contribution in [2.75, 3.05) is 24.6 Å². The first-order chi connectivity index (χ1) is 18.3. The molecule has 2 aliphatic rings. The number of hydrogen-bond acceptors (Lipinski definition) is 6. The molecule has 0 atom stereocenters. The van der Waals surface area contributed by atoms with Crippen LogP contribution in [0.4, 0.5) is 5.69 Å². The SMILES string of the molecule is CCOc1ccc(SN2Cc3ccc(-c4c(C)nc(C)c(CC=O)c4N4CCC(C)(C)CC4)cc3C2)cc1. The Bertz CT molecular complexity index is 1310. The van der Waals surface area contributed by atoms with E-state index in [1.807, 2.05) is 26.0 Å². The molecule has 0 spiro atoms. The number of hydrogen-bond donors (Lipinski definition) is 0. The van der Waals surface area contributed by atoms with Gasteiger partial charge in [0.05, 0.1) is 12.3 Å². The lowest BCUT2D eigenvalue weighted by atomic mass is 9.82. The Morgan fingerprint density at radius 1 is 1.00 bits per heavy atom. The van der Waals surface area contributed by atoms with Crippen LogP contribution >= 0.6 is 11.9 Å². The van der Waals surface area contributed by atoms with Gasteiger partial charge in [0.15, 0.2) is 0 Å². The van der Waals surface area contributed by atoms with Gasteiger partial charge < -0.3 is 14.4 Å². The van der Waals surface area contributed by atoms with Crippen molar-refractivity contribution in [3.63, 3.8) is 0 Å². The summed E-state index contributed by atoms with van der Waals surface area (Å²) in [5, 5.41) is 0. The third kappa shape index (κ3) is 5.62. The monoisotopic (exact) mass is 529 g/mol. The van der Waals surface area contributed by atoms with Crippen LogP contribution in [0.1, 0.15) is 61.7 Å². The lowest BCUT2D eigenvalue weighted by Crippen LogP contribution is -2.38. The molecule has 0 aliphatic carbocycles. The summed E-state index contributed by atoms with van der Waals surface area (Å²) in [4.78, 5) is 20.4. The predicted octanol–water partition coefficient (Wildman–Crippen LogP) is 7.15. The van der Waals surface area contributed by atoms with Crippen LogP contribution in [0.15, 0.2) is 47.4 Å². The summed E-state index contributed by atoms with van der Waals surface area (Å²) in [5.74, 6) is 0.912. The second-order valence-electron chi connectivity index (χ2n) is 11.3. The molecule has 0 N–H and O–H groups in total. The Morgan fingerprint density at radius 3 is 2.39 bits per heavy atom. The minimum Gasteiger partial charge on any atom is -0.494 e. The Labute approximate surface area is 231 Å². The maximum atomic E-state index is 11.7. The number of carbonyl (C=O) groups is 1. The van der Waals surface area contributed by atoms with Gasteiger partial charge in [-0.1, -0.05) is 26.0 Å². The van der Waals surface area contributed by atoms with Gasteiger partial charge in [-0.3, -0.25) is 4.98 Å². The summed E-state index contributed by atoms with van der Waals surface area (Å²) in [6, 6.07) is 15.2. The van der Waals surface area contributed by atoms with Crippen molar-refractivity contribution in [2.45, 2.75) is 71.9 Å². The van der Waals surface area contributed by atoms with Crippen molar-refractivity contribution in [1.82, 2.24) is 9.29 Å². The molecule has 1 aromatic heterocycles. The zero-order valence-corrected chi connectivity index (χ0v) is 24.2. The highest BCUT2D eigenvalue weighted by Crippen LogP contribution is 2.43. The second-order valence-corrected chi connectivity index (χ2v) is 12.5. The molecule has 3 heterocycles. The zero-order chi connectivity index (χ0) is 26.9. The molecule has 6 heteroatoms. The summed E-state index contributed by atoms with van der Waals surface area (Å²) < 4.78 is 8.00. The summed E-state index contributed by atoms with van der Waals surface area (Å²) in [7, 11) is 0. The first-order valence-electron chi connectivity index (χ1n) is 13.7. The molecule has 0 radical (unpaired) electrons. The molecule has 38 heavy (non-hydrogen) atoms. The molecule has 5 nitrogen and oxygen atoms in total. The highest BCUT2D eigenvalue weighted by Gasteiger charge is 2.30. The van der Waals surface area contributed by atoms with Crippen molar-refractivity contribution in [3.8, 4) is 16.9 Å². The summed E-state index contributed by atoms with van der Waals surface area (Å²) in [5.41, 5.74) is 9.79. The number of anilines is 1. The number of benzene rings is 2. The van der Waals surface area contributed by atoms with Crippen molar-refractivity contribution in [1.29, 1.82) is 0 Å². The van der Waals surface area contributed by atoms with Crippen molar-refractivity contribution < 1.29 is 9.53 Å². The van der Waals surface area contributed by atoms with E-state index in [4.69, 9.17) is 9.72 Å². The fraction of sp³-hybridized carbons (Fsp3) is 0.438. The van der Waals surface area contributed by atoms with Gasteiger partial charge in [-0.15, -0.1) is 0 Å². The third-order valence-electron chi connectivity index (χ3n) is 7.93. The molecule has 5 rings (SSSR count). The third-order valence-corrected chi connectivity index (χ3v) is 8.93. The highest BCUT2D eigenvalue weighted by atomic mass is 32.2. The van der Waals surface area contributed by atoms with Crippen LogP contribution in [-0.4, -0.2) is 35.3 Å². The van der Waals surface area contributed by atoms with Gasteiger partial charge in [0.25, 0.3) is 0 Å². The maximum absolute atomic E-state index is 11.7. The highest BCUT2D eigenvalue weighted by molar-refractivity contribution is 7.97. The number of piperidine rings is 1. The van der Waals surface area contributed by atoms with E-state index < -0.39 is 0 Å². The molecule has 0 unspecified atom stereocenters. The van der Waals surface area contributed by atoms with Gasteiger partial charge in [0.2, 0.25) is 0 Å². The standard InChI is InChI=1S/C32H39N3O2S/c1-6-37-27-9-11-28(12-10-27)38-35-20-25-8-7-24(19-26(25)21-35)30-23(3)33-22(2)29(13-18-36)31(30)34-16-14-32(4,5)15-17-34/h7-12,18-19H,6,13-17,20-21H2,1-5H3. The molecule has 1 saturated heterocycles. The zero-order valence-electron chi connectivity index (χ0n) is 23.3. The molecule has 2 aliphatic heterocycles. The first kappa shape index (κ1) is 26.8. The number of aldehydes is 1. The Kier molecular flexibility index (Phi) is 7.83. The van der Waals surface area contributed by atoms with E-state index in [0.717, 1.165) is 68.0 Å². The Morgan fingerprint density at radius 2 is 1.71 bits per heavy atom. The summed E-state index contributed by atoms with van der Waals surface area (Å²) in [6.45, 7) is 15.4. The average molecular weight is 530 g/mol. The largest absolute Gasteiger partial charge is 0.494 e. The fourth-order valence-corrected chi connectivity index (χ4v) is 6.69. The first-order valence-corrected chi connectivity index (χ1v) is 14.5. The van der Waals surface area contributed by atoms with E-state index in [-0.39, 0.29) is 0 Å². The Balaban J connectivity index is 1.44. The van der Waals surface area contributed by atoms with Gasteiger partial charge in [0, 0.05) is 60.0 Å². The molecule has 1 fully saturated rings. The second kappa shape index (κ2) is 11.1. The lowest BCUT2D eigenvalue weighted by Gasteiger charge is -2.40. The molecule has 2 aromatic carbocycles. The van der Waals surface area contributed by atoms with Gasteiger partial charge in [-0.25, -0.2) is 4.31 Å². The molecular weight excluding hydrogens is 490 g/mol. The van der Waals surface area contributed by atoms with Gasteiger partial charge in [-0.2, -0.15) is 0 Å².